The fourth-order valence-corrected chi connectivity index (χ4v) is 2.94. The summed E-state index contributed by atoms with van der Waals surface area (Å²) in [6.45, 7) is 0.290. The van der Waals surface area contributed by atoms with Gasteiger partial charge in [-0.15, -0.1) is 0 Å². The molecule has 3 rings (SSSR count). The zero-order valence-corrected chi connectivity index (χ0v) is 16.9. The molecule has 1 aromatic heterocycles. The summed E-state index contributed by atoms with van der Waals surface area (Å²) in [5, 5.41) is 2.77. The highest BCUT2D eigenvalue weighted by atomic mass is 19.4. The fourth-order valence-electron chi connectivity index (χ4n) is 2.94. The van der Waals surface area contributed by atoms with Crippen molar-refractivity contribution in [2.24, 2.45) is 0 Å². The lowest BCUT2D eigenvalue weighted by Crippen LogP contribution is -2.28. The van der Waals surface area contributed by atoms with E-state index in [-0.39, 0.29) is 18.1 Å². The van der Waals surface area contributed by atoms with Crippen molar-refractivity contribution in [1.29, 1.82) is 0 Å². The van der Waals surface area contributed by atoms with Crippen LogP contribution < -0.4 is 10.1 Å². The van der Waals surface area contributed by atoms with Gasteiger partial charge in [0.1, 0.15) is 5.75 Å². The minimum Gasteiger partial charge on any atom is -0.483 e. The molecule has 32 heavy (non-hydrogen) atoms. The minimum absolute atomic E-state index is 0.0225. The van der Waals surface area contributed by atoms with Gasteiger partial charge in [0, 0.05) is 0 Å². The molecular formula is C23H19F5N2O2. The number of carbonyl (C=O) groups excluding carboxylic acids is 1. The summed E-state index contributed by atoms with van der Waals surface area (Å²) in [7, 11) is 0. The Hall–Kier alpha value is -3.49. The molecule has 0 saturated carbocycles. The molecule has 9 heteroatoms. The SMILES string of the molecule is C[C@@H](NC(=O)Cc1ccc(-c2ccc(F)c(F)c2)cc1)c1ccc(OCC(F)(F)F)cn1. The summed E-state index contributed by atoms with van der Waals surface area (Å²) in [5.41, 5.74) is 2.37. The summed E-state index contributed by atoms with van der Waals surface area (Å²) in [4.78, 5) is 16.4. The normalized spacial score (nSPS) is 12.3. The second kappa shape index (κ2) is 9.76. The van der Waals surface area contributed by atoms with Gasteiger partial charge < -0.3 is 10.1 Å². The molecule has 0 fully saturated rings. The predicted octanol–water partition coefficient (Wildman–Crippen LogP) is 5.39. The quantitative estimate of drug-likeness (QED) is 0.492. The third kappa shape index (κ3) is 6.50. The van der Waals surface area contributed by atoms with Crippen molar-refractivity contribution in [2.75, 3.05) is 6.61 Å². The van der Waals surface area contributed by atoms with Crippen molar-refractivity contribution in [3.05, 3.63) is 83.7 Å². The van der Waals surface area contributed by atoms with Crippen LogP contribution >= 0.6 is 0 Å². The molecule has 0 aliphatic rings. The lowest BCUT2D eigenvalue weighted by atomic mass is 10.0. The smallest absolute Gasteiger partial charge is 0.422 e. The summed E-state index contributed by atoms with van der Waals surface area (Å²) in [6.07, 6.45) is -3.19. The number of pyridine rings is 1. The van der Waals surface area contributed by atoms with Gasteiger partial charge in [0.25, 0.3) is 0 Å². The number of amides is 1. The standard InChI is InChI=1S/C23H19F5N2O2/c1-14(21-9-7-18(12-29-21)32-13-23(26,27)28)30-22(31)10-15-2-4-16(5-3-15)17-6-8-19(24)20(25)11-17/h2-9,11-12,14H,10,13H2,1H3,(H,30,31)/t14-/m1/s1. The van der Waals surface area contributed by atoms with Crippen molar-refractivity contribution >= 4 is 5.91 Å². The third-order valence-electron chi connectivity index (χ3n) is 4.55. The first-order valence-electron chi connectivity index (χ1n) is 9.60. The molecule has 0 saturated heterocycles. The molecule has 0 bridgehead atoms. The molecule has 2 aromatic carbocycles. The number of nitrogens with one attached hydrogen (secondary N) is 1. The summed E-state index contributed by atoms with van der Waals surface area (Å²) in [5.74, 6) is -2.16. The van der Waals surface area contributed by atoms with Gasteiger partial charge in [0.05, 0.1) is 24.4 Å². The van der Waals surface area contributed by atoms with Crippen LogP contribution in [0, 0.1) is 11.6 Å². The predicted molar refractivity (Wildman–Crippen MR) is 108 cm³/mol. The average molecular weight is 450 g/mol. The van der Waals surface area contributed by atoms with Crippen molar-refractivity contribution in [3.63, 3.8) is 0 Å². The van der Waals surface area contributed by atoms with Crippen molar-refractivity contribution in [1.82, 2.24) is 10.3 Å². The Balaban J connectivity index is 1.55. The summed E-state index contributed by atoms with van der Waals surface area (Å²) >= 11 is 0. The van der Waals surface area contributed by atoms with Crippen molar-refractivity contribution < 1.29 is 31.5 Å². The maximum atomic E-state index is 13.4. The topological polar surface area (TPSA) is 51.2 Å². The monoisotopic (exact) mass is 450 g/mol. The van der Waals surface area contributed by atoms with Crippen LogP contribution in [0.2, 0.25) is 0 Å². The highest BCUT2D eigenvalue weighted by molar-refractivity contribution is 5.79. The van der Waals surface area contributed by atoms with E-state index in [1.54, 1.807) is 31.2 Å². The molecule has 0 unspecified atom stereocenters. The molecule has 168 valence electrons. The van der Waals surface area contributed by atoms with E-state index in [0.717, 1.165) is 12.1 Å². The zero-order chi connectivity index (χ0) is 23.3. The Labute approximate surface area is 181 Å². The molecule has 3 aromatic rings. The second-order valence-corrected chi connectivity index (χ2v) is 7.11. The lowest BCUT2D eigenvalue weighted by molar-refractivity contribution is -0.153. The number of alkyl halides is 3. The first-order valence-corrected chi connectivity index (χ1v) is 9.60. The molecule has 0 spiro atoms. The van der Waals surface area contributed by atoms with Crippen LogP contribution in [0.3, 0.4) is 0 Å². The molecule has 0 aliphatic carbocycles. The van der Waals surface area contributed by atoms with Crippen LogP contribution in [-0.2, 0) is 11.2 Å². The van der Waals surface area contributed by atoms with Gasteiger partial charge in [-0.2, -0.15) is 13.2 Å². The Morgan fingerprint density at radius 3 is 2.28 bits per heavy atom. The van der Waals surface area contributed by atoms with Crippen LogP contribution in [0.1, 0.15) is 24.2 Å². The number of ether oxygens (including phenoxy) is 1. The van der Waals surface area contributed by atoms with E-state index in [0.29, 0.717) is 22.4 Å². The van der Waals surface area contributed by atoms with E-state index >= 15 is 0 Å². The number of benzene rings is 2. The van der Waals surface area contributed by atoms with Gasteiger partial charge in [0.15, 0.2) is 18.2 Å². The van der Waals surface area contributed by atoms with Gasteiger partial charge in [-0.1, -0.05) is 30.3 Å². The van der Waals surface area contributed by atoms with E-state index in [2.05, 4.69) is 15.0 Å². The van der Waals surface area contributed by atoms with Gasteiger partial charge >= 0.3 is 6.18 Å². The highest BCUT2D eigenvalue weighted by Crippen LogP contribution is 2.23. The van der Waals surface area contributed by atoms with E-state index in [1.807, 2.05) is 0 Å². The lowest BCUT2D eigenvalue weighted by Gasteiger charge is -2.14. The number of carbonyl (C=O) groups is 1. The number of halogens is 5. The molecule has 1 amide bonds. The maximum absolute atomic E-state index is 13.4. The van der Waals surface area contributed by atoms with E-state index < -0.39 is 30.5 Å². The number of hydrogen-bond donors (Lipinski definition) is 1. The van der Waals surface area contributed by atoms with Crippen LogP contribution in [0.15, 0.2) is 60.8 Å². The average Bonchev–Trinajstić information content (AvgIpc) is 2.74. The maximum Gasteiger partial charge on any atom is 0.422 e. The van der Waals surface area contributed by atoms with Crippen molar-refractivity contribution in [2.45, 2.75) is 25.6 Å². The van der Waals surface area contributed by atoms with Crippen LogP contribution in [0.4, 0.5) is 22.0 Å². The van der Waals surface area contributed by atoms with Gasteiger partial charge in [0.2, 0.25) is 5.91 Å². The van der Waals surface area contributed by atoms with E-state index in [1.165, 1.54) is 24.4 Å². The van der Waals surface area contributed by atoms with E-state index in [4.69, 9.17) is 0 Å². The first kappa shape index (κ1) is 23.2. The number of aromatic nitrogens is 1. The van der Waals surface area contributed by atoms with Gasteiger partial charge in [-0.05, 0) is 47.9 Å². The van der Waals surface area contributed by atoms with Crippen LogP contribution in [0.25, 0.3) is 11.1 Å². The Bertz CT molecular complexity index is 1070. The highest BCUT2D eigenvalue weighted by Gasteiger charge is 2.28. The zero-order valence-electron chi connectivity index (χ0n) is 16.9. The molecular weight excluding hydrogens is 431 g/mol. The van der Waals surface area contributed by atoms with Gasteiger partial charge in [-0.25, -0.2) is 8.78 Å². The van der Waals surface area contributed by atoms with Crippen LogP contribution in [-0.4, -0.2) is 23.7 Å². The molecule has 0 aliphatic heterocycles. The van der Waals surface area contributed by atoms with E-state index in [9.17, 15) is 26.7 Å². The molecule has 1 N–H and O–H groups in total. The molecule has 1 heterocycles. The van der Waals surface area contributed by atoms with Crippen LogP contribution in [0.5, 0.6) is 5.75 Å². The minimum atomic E-state index is -4.44. The summed E-state index contributed by atoms with van der Waals surface area (Å²) < 4.78 is 67.6. The Kier molecular flexibility index (Phi) is 7.07. The number of nitrogens with zero attached hydrogens (tertiary/aromatic N) is 1. The first-order chi connectivity index (χ1) is 15.1. The fraction of sp³-hybridized carbons (Fsp3) is 0.217. The largest absolute Gasteiger partial charge is 0.483 e. The number of hydrogen-bond acceptors (Lipinski definition) is 3. The Morgan fingerprint density at radius 2 is 1.69 bits per heavy atom. The molecule has 1 atom stereocenters. The second-order valence-electron chi connectivity index (χ2n) is 7.11. The van der Waals surface area contributed by atoms with Crippen molar-refractivity contribution in [3.8, 4) is 16.9 Å². The Morgan fingerprint density at radius 1 is 1.00 bits per heavy atom. The summed E-state index contributed by atoms with van der Waals surface area (Å²) in [6, 6.07) is 12.8. The molecule has 0 radical (unpaired) electrons. The number of rotatable bonds is 7. The van der Waals surface area contributed by atoms with Gasteiger partial charge in [-0.3, -0.25) is 9.78 Å². The third-order valence-corrected chi connectivity index (χ3v) is 4.55. The molecule has 4 nitrogen and oxygen atoms in total.